The van der Waals surface area contributed by atoms with Gasteiger partial charge in [0.05, 0.1) is 6.61 Å². The minimum atomic E-state index is -4.63. The predicted octanol–water partition coefficient (Wildman–Crippen LogP) is 2.96. The van der Waals surface area contributed by atoms with Gasteiger partial charge in [-0.1, -0.05) is 11.6 Å². The third kappa shape index (κ3) is 2.61. The average Bonchev–Trinajstić information content (AvgIpc) is 2.25. The Bertz CT molecular complexity index is 431. The van der Waals surface area contributed by atoms with E-state index in [2.05, 4.69) is 0 Å². The van der Waals surface area contributed by atoms with Crippen molar-refractivity contribution in [1.82, 2.24) is 0 Å². The van der Waals surface area contributed by atoms with Crippen LogP contribution in [0.15, 0.2) is 18.2 Å². The van der Waals surface area contributed by atoms with E-state index in [0.717, 1.165) is 19.1 Å². The molecule has 0 fully saturated rings. The molecule has 0 aromatic heterocycles. The summed E-state index contributed by atoms with van der Waals surface area (Å²) < 4.78 is 38.6. The van der Waals surface area contributed by atoms with Gasteiger partial charge in [0, 0.05) is 10.6 Å². The van der Waals surface area contributed by atoms with E-state index in [4.69, 9.17) is 16.7 Å². The van der Waals surface area contributed by atoms with Gasteiger partial charge in [0.25, 0.3) is 0 Å². The summed E-state index contributed by atoms with van der Waals surface area (Å²) in [7, 11) is 0. The maximum atomic E-state index is 12.9. The number of hydrogen-bond donors (Lipinski definition) is 1. The van der Waals surface area contributed by atoms with E-state index in [1.165, 1.54) is 6.07 Å². The Labute approximate surface area is 101 Å². The van der Waals surface area contributed by atoms with Gasteiger partial charge in [-0.2, -0.15) is 13.2 Å². The van der Waals surface area contributed by atoms with Gasteiger partial charge in [-0.05, 0) is 30.7 Å². The van der Waals surface area contributed by atoms with Gasteiger partial charge in [0.15, 0.2) is 0 Å². The molecular weight excluding hydrogens is 257 g/mol. The molecule has 0 radical (unpaired) electrons. The van der Waals surface area contributed by atoms with Crippen molar-refractivity contribution in [3.8, 4) is 0 Å². The van der Waals surface area contributed by atoms with E-state index in [1.54, 1.807) is 0 Å². The zero-order chi connectivity index (χ0) is 13.3. The van der Waals surface area contributed by atoms with E-state index < -0.39 is 18.2 Å². The van der Waals surface area contributed by atoms with Crippen molar-refractivity contribution < 1.29 is 23.1 Å². The van der Waals surface area contributed by atoms with E-state index in [1.807, 2.05) is 0 Å². The topological polar surface area (TPSA) is 37.3 Å². The van der Waals surface area contributed by atoms with Crippen LogP contribution < -0.4 is 0 Å². The van der Waals surface area contributed by atoms with Crippen molar-refractivity contribution in [3.63, 3.8) is 0 Å². The lowest BCUT2D eigenvalue weighted by atomic mass is 9.82. The highest BCUT2D eigenvalue weighted by molar-refractivity contribution is 6.30. The van der Waals surface area contributed by atoms with E-state index in [0.29, 0.717) is 6.29 Å². The number of halogens is 4. The Kier molecular flexibility index (Phi) is 3.84. The van der Waals surface area contributed by atoms with Crippen molar-refractivity contribution in [2.75, 3.05) is 6.61 Å². The molecule has 1 aromatic carbocycles. The van der Waals surface area contributed by atoms with Gasteiger partial charge in [-0.25, -0.2) is 0 Å². The van der Waals surface area contributed by atoms with Crippen LogP contribution in [0, 0.1) is 0 Å². The third-order valence-electron chi connectivity index (χ3n) is 2.64. The van der Waals surface area contributed by atoms with Gasteiger partial charge in [-0.15, -0.1) is 0 Å². The van der Waals surface area contributed by atoms with Gasteiger partial charge in [-0.3, -0.25) is 4.79 Å². The van der Waals surface area contributed by atoms with E-state index >= 15 is 0 Å². The van der Waals surface area contributed by atoms with Crippen LogP contribution in [0.2, 0.25) is 5.02 Å². The zero-order valence-electron chi connectivity index (χ0n) is 8.88. The molecule has 94 valence electrons. The normalized spacial score (nSPS) is 15.4. The molecule has 1 unspecified atom stereocenters. The van der Waals surface area contributed by atoms with Crippen LogP contribution in [0.5, 0.6) is 0 Å². The molecule has 0 amide bonds. The molecule has 6 heteroatoms. The number of hydrogen-bond acceptors (Lipinski definition) is 2. The standard InChI is InChI=1S/C11H10ClF3O2/c1-10(6-17,11(13,14)15)8-2-7(5-16)3-9(12)4-8/h2-5,17H,6H2,1H3. The molecule has 0 aliphatic carbocycles. The Morgan fingerprint density at radius 2 is 1.94 bits per heavy atom. The highest BCUT2D eigenvalue weighted by Crippen LogP contribution is 2.41. The number of carbonyl (C=O) groups is 1. The first-order valence-electron chi connectivity index (χ1n) is 4.68. The van der Waals surface area contributed by atoms with Gasteiger partial charge >= 0.3 is 6.18 Å². The second kappa shape index (κ2) is 4.66. The summed E-state index contributed by atoms with van der Waals surface area (Å²) in [6.45, 7) is -0.262. The van der Waals surface area contributed by atoms with Gasteiger partial charge < -0.3 is 5.11 Å². The highest BCUT2D eigenvalue weighted by atomic mass is 35.5. The summed E-state index contributed by atoms with van der Waals surface area (Å²) in [5.41, 5.74) is -2.63. The maximum Gasteiger partial charge on any atom is 0.400 e. The Balaban J connectivity index is 3.39. The summed E-state index contributed by atoms with van der Waals surface area (Å²) in [6, 6.07) is 3.42. The second-order valence-electron chi connectivity index (χ2n) is 3.88. The largest absolute Gasteiger partial charge is 0.400 e. The molecule has 17 heavy (non-hydrogen) atoms. The molecular formula is C11H10ClF3O2. The summed E-state index contributed by atoms with van der Waals surface area (Å²) in [5.74, 6) is 0. The lowest BCUT2D eigenvalue weighted by Crippen LogP contribution is -2.42. The minimum absolute atomic E-state index is 0.0218. The Morgan fingerprint density at radius 1 is 1.35 bits per heavy atom. The first kappa shape index (κ1) is 14.0. The predicted molar refractivity (Wildman–Crippen MR) is 57.3 cm³/mol. The van der Waals surface area contributed by atoms with E-state index in [9.17, 15) is 18.0 Å². The molecule has 0 heterocycles. The van der Waals surface area contributed by atoms with Gasteiger partial charge in [0.2, 0.25) is 0 Å². The molecule has 0 saturated carbocycles. The second-order valence-corrected chi connectivity index (χ2v) is 4.32. The lowest BCUT2D eigenvalue weighted by molar-refractivity contribution is -0.195. The molecule has 0 spiro atoms. The van der Waals surface area contributed by atoms with Crippen LogP contribution in [0.25, 0.3) is 0 Å². The molecule has 0 aliphatic rings. The molecule has 0 aliphatic heterocycles. The average molecular weight is 267 g/mol. The van der Waals surface area contributed by atoms with Crippen LogP contribution in [0.4, 0.5) is 13.2 Å². The number of carbonyl (C=O) groups excluding carboxylic acids is 1. The van der Waals surface area contributed by atoms with Crippen molar-refractivity contribution >= 4 is 17.9 Å². The fourth-order valence-corrected chi connectivity index (χ4v) is 1.59. The Hall–Kier alpha value is -1.07. The van der Waals surface area contributed by atoms with Crippen molar-refractivity contribution in [3.05, 3.63) is 34.3 Å². The quantitative estimate of drug-likeness (QED) is 0.854. The number of alkyl halides is 3. The third-order valence-corrected chi connectivity index (χ3v) is 2.85. The first-order valence-corrected chi connectivity index (χ1v) is 5.06. The summed E-state index contributed by atoms with van der Waals surface area (Å²) in [5, 5.41) is 9.00. The fourth-order valence-electron chi connectivity index (χ4n) is 1.34. The monoisotopic (exact) mass is 266 g/mol. The fraction of sp³-hybridized carbons (Fsp3) is 0.364. The van der Waals surface area contributed by atoms with Crippen LogP contribution in [0.3, 0.4) is 0 Å². The molecule has 2 nitrogen and oxygen atoms in total. The summed E-state index contributed by atoms with van der Waals surface area (Å²) in [4.78, 5) is 10.6. The zero-order valence-corrected chi connectivity index (χ0v) is 9.64. The molecule has 1 rings (SSSR count). The Morgan fingerprint density at radius 3 is 2.35 bits per heavy atom. The first-order chi connectivity index (χ1) is 7.74. The van der Waals surface area contributed by atoms with Crippen molar-refractivity contribution in [1.29, 1.82) is 0 Å². The molecule has 1 aromatic rings. The number of aliphatic hydroxyl groups is 1. The van der Waals surface area contributed by atoms with Crippen LogP contribution in [-0.2, 0) is 5.41 Å². The smallest absolute Gasteiger partial charge is 0.395 e. The van der Waals surface area contributed by atoms with Crippen molar-refractivity contribution in [2.24, 2.45) is 0 Å². The number of aliphatic hydroxyl groups excluding tert-OH is 1. The molecule has 1 atom stereocenters. The molecule has 1 N–H and O–H groups in total. The SMILES string of the molecule is CC(CO)(c1cc(Cl)cc(C=O)c1)C(F)(F)F. The molecule has 0 saturated heterocycles. The van der Waals surface area contributed by atoms with E-state index in [-0.39, 0.29) is 16.1 Å². The minimum Gasteiger partial charge on any atom is -0.395 e. The highest BCUT2D eigenvalue weighted by Gasteiger charge is 2.52. The number of rotatable bonds is 3. The summed E-state index contributed by atoms with van der Waals surface area (Å²) in [6.07, 6.45) is -4.23. The lowest BCUT2D eigenvalue weighted by Gasteiger charge is -2.30. The number of benzene rings is 1. The van der Waals surface area contributed by atoms with Crippen LogP contribution in [-0.4, -0.2) is 24.2 Å². The summed E-state index contributed by atoms with van der Waals surface area (Å²) >= 11 is 5.63. The van der Waals surface area contributed by atoms with Gasteiger partial charge in [0.1, 0.15) is 11.7 Å². The van der Waals surface area contributed by atoms with Crippen molar-refractivity contribution in [2.45, 2.75) is 18.5 Å². The van der Waals surface area contributed by atoms with Crippen LogP contribution in [0.1, 0.15) is 22.8 Å². The number of aldehydes is 1. The maximum absolute atomic E-state index is 12.9. The van der Waals surface area contributed by atoms with Crippen LogP contribution >= 0.6 is 11.6 Å². The molecule has 0 bridgehead atoms.